The van der Waals surface area contributed by atoms with E-state index in [1.54, 1.807) is 18.4 Å². The predicted molar refractivity (Wildman–Crippen MR) is 62.9 cm³/mol. The van der Waals surface area contributed by atoms with Crippen molar-refractivity contribution < 1.29 is 0 Å². The van der Waals surface area contributed by atoms with E-state index in [1.165, 1.54) is 7.69 Å². The van der Waals surface area contributed by atoms with Crippen molar-refractivity contribution >= 4 is 32.6 Å². The zero-order chi connectivity index (χ0) is 11.1. The first kappa shape index (κ1) is 11.0. The summed E-state index contributed by atoms with van der Waals surface area (Å²) in [5, 5.41) is 12.8. The van der Waals surface area contributed by atoms with E-state index in [0.717, 1.165) is 5.01 Å². The van der Waals surface area contributed by atoms with Gasteiger partial charge in [0.05, 0.1) is 0 Å². The molecule has 0 saturated heterocycles. The van der Waals surface area contributed by atoms with E-state index < -0.39 is 18.4 Å². The van der Waals surface area contributed by atoms with Gasteiger partial charge in [-0.2, -0.15) is 0 Å². The molecule has 7 heteroatoms. The van der Waals surface area contributed by atoms with Crippen molar-refractivity contribution in [2.45, 2.75) is 14.8 Å². The summed E-state index contributed by atoms with van der Waals surface area (Å²) in [7, 11) is 1.76. The molecule has 15 heavy (non-hydrogen) atoms. The molecule has 0 amide bonds. The minimum absolute atomic E-state index is 0.629. The molecule has 2 rings (SSSR count). The van der Waals surface area contributed by atoms with Crippen molar-refractivity contribution in [2.24, 2.45) is 7.05 Å². The van der Waals surface area contributed by atoms with Crippen molar-refractivity contribution in [2.75, 3.05) is 0 Å². The minimum atomic E-state index is -1.98. The second kappa shape index (κ2) is 3.82. The number of tetrazole rings is 1. The predicted octanol–water partition coefficient (Wildman–Crippen LogP) is 0.879. The average molecular weight is 330 g/mol. The quantitative estimate of drug-likeness (QED) is 0.767. The Morgan fingerprint density at radius 2 is 2.07 bits per heavy atom. The number of hydrogen-bond acceptors (Lipinski definition) is 5. The molecule has 2 aromatic rings. The number of nitrogens with zero attached hydrogens (tertiary/aromatic N) is 5. The third-order valence-corrected chi connectivity index (χ3v) is 12.3. The Hall–Kier alpha value is -0.501. The standard InChI is InChI=1S/C5H4N5S.3CH3.Sn/c1-10-8-4(7-9-10)5-6-2-3-11-5;;;;/h2H,1H3;3*1H3;. The molecule has 0 atom stereocenters. The van der Waals surface area contributed by atoms with E-state index in [-0.39, 0.29) is 0 Å². The van der Waals surface area contributed by atoms with Gasteiger partial charge >= 0.3 is 96.7 Å². The number of thiazole rings is 1. The van der Waals surface area contributed by atoms with E-state index in [9.17, 15) is 0 Å². The van der Waals surface area contributed by atoms with Crippen LogP contribution in [-0.4, -0.2) is 43.6 Å². The van der Waals surface area contributed by atoms with Crippen LogP contribution in [0.15, 0.2) is 6.20 Å². The monoisotopic (exact) mass is 331 g/mol. The van der Waals surface area contributed by atoms with Crippen LogP contribution in [0.5, 0.6) is 0 Å². The van der Waals surface area contributed by atoms with Gasteiger partial charge in [0.15, 0.2) is 0 Å². The maximum atomic E-state index is 4.36. The van der Waals surface area contributed by atoms with Gasteiger partial charge in [-0.25, -0.2) is 0 Å². The van der Waals surface area contributed by atoms with Crippen LogP contribution in [0, 0.1) is 0 Å². The molecule has 2 aromatic heterocycles. The summed E-state index contributed by atoms with van der Waals surface area (Å²) in [5.74, 6) is 0.629. The van der Waals surface area contributed by atoms with Gasteiger partial charge in [0.1, 0.15) is 0 Å². The molecule has 0 aliphatic heterocycles. The Morgan fingerprint density at radius 1 is 1.33 bits per heavy atom. The van der Waals surface area contributed by atoms with Crippen LogP contribution in [0.1, 0.15) is 0 Å². The van der Waals surface area contributed by atoms with E-state index in [0.29, 0.717) is 5.82 Å². The van der Waals surface area contributed by atoms with Gasteiger partial charge in [-0.05, 0) is 0 Å². The molecule has 2 heterocycles. The summed E-state index contributed by atoms with van der Waals surface area (Å²) < 4.78 is 1.44. The summed E-state index contributed by atoms with van der Waals surface area (Å²) >= 11 is -0.266. The average Bonchev–Trinajstić information content (AvgIpc) is 2.69. The number of aryl methyl sites for hydroxylation is 1. The van der Waals surface area contributed by atoms with Crippen LogP contribution in [0.4, 0.5) is 0 Å². The molecular formula is C8H13N5SSn. The Balaban J connectivity index is 2.36. The van der Waals surface area contributed by atoms with Crippen molar-refractivity contribution in [3.8, 4) is 10.8 Å². The van der Waals surface area contributed by atoms with Crippen molar-refractivity contribution in [3.63, 3.8) is 0 Å². The van der Waals surface area contributed by atoms with E-state index in [1.807, 2.05) is 6.20 Å². The molecule has 0 saturated carbocycles. The van der Waals surface area contributed by atoms with Gasteiger partial charge in [0.2, 0.25) is 0 Å². The van der Waals surface area contributed by atoms with Crippen molar-refractivity contribution in [3.05, 3.63) is 6.20 Å². The summed E-state index contributed by atoms with van der Waals surface area (Å²) in [6, 6.07) is 0. The van der Waals surface area contributed by atoms with Crippen LogP contribution in [0.3, 0.4) is 0 Å². The number of aromatic nitrogens is 5. The van der Waals surface area contributed by atoms with Gasteiger partial charge in [-0.3, -0.25) is 0 Å². The molecule has 0 unspecified atom stereocenters. The summed E-state index contributed by atoms with van der Waals surface area (Å²) in [6.45, 7) is 0. The fraction of sp³-hybridized carbons (Fsp3) is 0.500. The molecule has 0 N–H and O–H groups in total. The second-order valence-electron chi connectivity index (χ2n) is 4.38. The Labute approximate surface area is 96.4 Å². The third kappa shape index (κ3) is 2.36. The molecule has 80 valence electrons. The zero-order valence-electron chi connectivity index (χ0n) is 9.22. The van der Waals surface area contributed by atoms with E-state index in [2.05, 4.69) is 35.2 Å². The fourth-order valence-electron chi connectivity index (χ4n) is 1.09. The molecule has 0 spiro atoms. The van der Waals surface area contributed by atoms with Crippen LogP contribution >= 0.6 is 11.3 Å². The van der Waals surface area contributed by atoms with Gasteiger partial charge in [-0.15, -0.1) is 0 Å². The maximum absolute atomic E-state index is 4.36. The van der Waals surface area contributed by atoms with Crippen LogP contribution in [0.25, 0.3) is 10.8 Å². The summed E-state index contributed by atoms with van der Waals surface area (Å²) in [4.78, 5) is 12.9. The van der Waals surface area contributed by atoms with Gasteiger partial charge in [0, 0.05) is 0 Å². The molecular weight excluding hydrogens is 317 g/mol. The molecule has 0 aliphatic carbocycles. The third-order valence-electron chi connectivity index (χ3n) is 1.94. The van der Waals surface area contributed by atoms with Gasteiger partial charge in [0.25, 0.3) is 0 Å². The first-order chi connectivity index (χ1) is 6.97. The fourth-order valence-corrected chi connectivity index (χ4v) is 6.73. The molecule has 5 nitrogen and oxygen atoms in total. The van der Waals surface area contributed by atoms with Gasteiger partial charge < -0.3 is 0 Å². The summed E-state index contributed by atoms with van der Waals surface area (Å²) in [5.41, 5.74) is 0. The topological polar surface area (TPSA) is 56.5 Å². The van der Waals surface area contributed by atoms with Crippen molar-refractivity contribution in [1.82, 2.24) is 25.2 Å². The number of rotatable bonds is 2. The van der Waals surface area contributed by atoms with Crippen molar-refractivity contribution in [1.29, 1.82) is 0 Å². The molecule has 0 fully saturated rings. The van der Waals surface area contributed by atoms with E-state index >= 15 is 0 Å². The molecule has 0 aliphatic rings. The van der Waals surface area contributed by atoms with E-state index in [4.69, 9.17) is 0 Å². The zero-order valence-corrected chi connectivity index (χ0v) is 12.9. The SMILES string of the molecule is Cn1nnc(-c2nc[c]([Sn]([CH3])([CH3])[CH3])s2)n1. The van der Waals surface area contributed by atoms with Crippen LogP contribution in [0.2, 0.25) is 14.8 Å². The first-order valence-electron chi connectivity index (χ1n) is 4.67. The molecule has 0 radical (unpaired) electrons. The molecule has 0 bridgehead atoms. The van der Waals surface area contributed by atoms with Crippen LogP contribution < -0.4 is 2.89 Å². The molecule has 0 aromatic carbocycles. The normalized spacial score (nSPS) is 12.0. The van der Waals surface area contributed by atoms with Crippen LogP contribution in [-0.2, 0) is 7.05 Å². The van der Waals surface area contributed by atoms with Gasteiger partial charge in [-0.1, -0.05) is 0 Å². The Bertz CT molecular complexity index is 469. The first-order valence-corrected chi connectivity index (χ1v) is 15.5. The Morgan fingerprint density at radius 3 is 2.53 bits per heavy atom. The summed E-state index contributed by atoms with van der Waals surface area (Å²) in [6.07, 6.45) is 1.98. The number of hydrogen-bond donors (Lipinski definition) is 0. The Kier molecular flexibility index (Phi) is 2.80. The second-order valence-corrected chi connectivity index (χ2v) is 20.8.